The molecule has 0 aromatic carbocycles. The van der Waals surface area contributed by atoms with Crippen molar-refractivity contribution < 1.29 is 48.6 Å². The summed E-state index contributed by atoms with van der Waals surface area (Å²) in [5.74, 6) is -3.83. The zero-order chi connectivity index (χ0) is 28.4. The van der Waals surface area contributed by atoms with Crippen molar-refractivity contribution in [3.05, 3.63) is 23.3 Å². The van der Waals surface area contributed by atoms with Crippen LogP contribution in [0.1, 0.15) is 59.3 Å². The summed E-state index contributed by atoms with van der Waals surface area (Å²) in [5.41, 5.74) is -1.34. The lowest BCUT2D eigenvalue weighted by molar-refractivity contribution is -0.450. The summed E-state index contributed by atoms with van der Waals surface area (Å²) in [6.45, 7) is 5.86. The fraction of sp³-hybridized carbons (Fsp3) is 0.800. The highest BCUT2D eigenvalue weighted by atomic mass is 16.8. The highest BCUT2D eigenvalue weighted by molar-refractivity contribution is 5.90. The largest absolute Gasteiger partial charge is 0.458 e. The van der Waals surface area contributed by atoms with Crippen LogP contribution in [0.25, 0.3) is 0 Å². The summed E-state index contributed by atoms with van der Waals surface area (Å²) in [7, 11) is 1.53. The van der Waals surface area contributed by atoms with Crippen molar-refractivity contribution in [1.29, 1.82) is 0 Å². The number of ketones is 1. The Kier molecular flexibility index (Phi) is 5.91. The number of aliphatic hydroxyl groups excluding tert-OH is 1. The number of carbonyl (C=O) groups is 2. The molecule has 3 saturated carbocycles. The lowest BCUT2D eigenvalue weighted by Gasteiger charge is -2.63. The Hall–Kier alpha value is -1.66. The summed E-state index contributed by atoms with van der Waals surface area (Å²) < 4.78 is 29.3. The Bertz CT molecular complexity index is 1200. The van der Waals surface area contributed by atoms with Crippen LogP contribution in [0.4, 0.5) is 0 Å². The molecular weight excluding hydrogens is 520 g/mol. The van der Waals surface area contributed by atoms with Gasteiger partial charge in [-0.3, -0.25) is 4.79 Å². The van der Waals surface area contributed by atoms with E-state index in [-0.39, 0.29) is 30.3 Å². The van der Waals surface area contributed by atoms with Crippen molar-refractivity contribution in [3.63, 3.8) is 0 Å². The molecule has 0 aromatic heterocycles. The first-order chi connectivity index (χ1) is 18.9. The van der Waals surface area contributed by atoms with Crippen LogP contribution in [0.2, 0.25) is 0 Å². The van der Waals surface area contributed by atoms with Gasteiger partial charge in [-0.1, -0.05) is 25.5 Å². The average Bonchev–Trinajstić information content (AvgIpc) is 3.45. The number of ether oxygens (including phenoxy) is 5. The predicted molar refractivity (Wildman–Crippen MR) is 137 cm³/mol. The Balaban J connectivity index is 1.24. The van der Waals surface area contributed by atoms with Gasteiger partial charge in [-0.25, -0.2) is 4.79 Å². The maximum atomic E-state index is 14.3. The zero-order valence-corrected chi connectivity index (χ0v) is 23.5. The number of rotatable bonds is 2. The van der Waals surface area contributed by atoms with E-state index < -0.39 is 64.8 Å². The SMILES string of the molecule is CO[C@H]1C[C@@H](C)O[C@H]2O[C@@H]3C=C4CC[C@@H]5[C@H](C(=O)[C@@H](O)[C@]6(C)[C@@H](C7=CC(=O)OC7)CC[C@]56O)[C@@]4(C)C[C@H]3O[C@]21O. The lowest BCUT2D eigenvalue weighted by atomic mass is 9.43. The molecule has 7 rings (SSSR count). The third kappa shape index (κ3) is 3.30. The van der Waals surface area contributed by atoms with Crippen LogP contribution in [0.5, 0.6) is 0 Å². The molecular formula is C30H40O10. The smallest absolute Gasteiger partial charge is 0.331 e. The van der Waals surface area contributed by atoms with Crippen LogP contribution in [0, 0.1) is 28.6 Å². The summed E-state index contributed by atoms with van der Waals surface area (Å²) >= 11 is 0. The molecule has 3 aliphatic heterocycles. The zero-order valence-electron chi connectivity index (χ0n) is 23.5. The number of carbonyl (C=O) groups excluding carboxylic acids is 2. The number of cyclic esters (lactones) is 1. The second kappa shape index (κ2) is 8.69. The quantitative estimate of drug-likeness (QED) is 0.336. The molecule has 0 bridgehead atoms. The Labute approximate surface area is 233 Å². The summed E-state index contributed by atoms with van der Waals surface area (Å²) in [4.78, 5) is 26.1. The van der Waals surface area contributed by atoms with E-state index in [1.165, 1.54) is 13.2 Å². The summed E-state index contributed by atoms with van der Waals surface area (Å²) in [6, 6.07) is 0. The number of methoxy groups -OCH3 is 1. The van der Waals surface area contributed by atoms with Crippen molar-refractivity contribution in [3.8, 4) is 0 Å². The minimum absolute atomic E-state index is 0.129. The number of fused-ring (bicyclic) bond motifs is 7. The van der Waals surface area contributed by atoms with E-state index >= 15 is 0 Å². The van der Waals surface area contributed by atoms with Crippen molar-refractivity contribution >= 4 is 11.8 Å². The third-order valence-corrected chi connectivity index (χ3v) is 11.9. The third-order valence-electron chi connectivity index (χ3n) is 11.9. The van der Waals surface area contributed by atoms with Gasteiger partial charge in [0.25, 0.3) is 0 Å². The maximum Gasteiger partial charge on any atom is 0.331 e. The number of esters is 1. The van der Waals surface area contributed by atoms with Gasteiger partial charge < -0.3 is 39.0 Å². The molecule has 0 amide bonds. The number of hydrogen-bond acceptors (Lipinski definition) is 10. The second-order valence-corrected chi connectivity index (χ2v) is 13.6. The monoisotopic (exact) mass is 560 g/mol. The molecule has 0 spiro atoms. The molecule has 10 nitrogen and oxygen atoms in total. The second-order valence-electron chi connectivity index (χ2n) is 13.6. The van der Waals surface area contributed by atoms with Crippen molar-refractivity contribution in [2.75, 3.05) is 13.7 Å². The number of aliphatic hydroxyl groups is 3. The normalized spacial score (nSPS) is 55.2. The average molecular weight is 561 g/mol. The molecule has 4 aliphatic carbocycles. The molecule has 7 aliphatic rings. The molecule has 40 heavy (non-hydrogen) atoms. The first-order valence-electron chi connectivity index (χ1n) is 14.6. The van der Waals surface area contributed by atoms with E-state index in [0.717, 1.165) is 11.1 Å². The van der Waals surface area contributed by atoms with Crippen molar-refractivity contribution in [2.24, 2.45) is 28.6 Å². The standard InChI is InChI=1S/C30H40O10/c1-14-9-21(36-4)30(35)26(38-14)39-19-11-16-5-6-18-23(27(16,2)12-20(19)40-30)24(32)25(33)28(3)17(7-8-29(18,28)34)15-10-22(31)37-13-15/h10-11,14,17-21,23,25-26,33-35H,5-9,12-13H2,1-4H3/t14-,17-,18-,19-,20-,21+,23-,25-,26+,27+,28+,29+,30+/m1/s1. The first-order valence-corrected chi connectivity index (χ1v) is 14.6. The van der Waals surface area contributed by atoms with E-state index in [2.05, 4.69) is 0 Å². The van der Waals surface area contributed by atoms with Crippen LogP contribution in [-0.2, 0) is 33.3 Å². The molecule has 220 valence electrons. The van der Waals surface area contributed by atoms with Gasteiger partial charge in [0.1, 0.15) is 24.9 Å². The topological polar surface area (TPSA) is 141 Å². The predicted octanol–water partition coefficient (Wildman–Crippen LogP) is 1.55. The van der Waals surface area contributed by atoms with Crippen LogP contribution in [-0.4, -0.2) is 89.0 Å². The van der Waals surface area contributed by atoms with Crippen molar-refractivity contribution in [1.82, 2.24) is 0 Å². The molecule has 3 N–H and O–H groups in total. The van der Waals surface area contributed by atoms with Gasteiger partial charge in [-0.05, 0) is 56.4 Å². The molecule has 10 heteroatoms. The Morgan fingerprint density at radius 1 is 1.12 bits per heavy atom. The number of allylic oxidation sites excluding steroid dienone is 1. The van der Waals surface area contributed by atoms with E-state index in [4.69, 9.17) is 23.7 Å². The summed E-state index contributed by atoms with van der Waals surface area (Å²) in [5, 5.41) is 35.7. The van der Waals surface area contributed by atoms with E-state index in [9.17, 15) is 24.9 Å². The van der Waals surface area contributed by atoms with Gasteiger partial charge in [0, 0.05) is 36.4 Å². The minimum atomic E-state index is -1.79. The van der Waals surface area contributed by atoms with Crippen LogP contribution in [0.15, 0.2) is 23.3 Å². The highest BCUT2D eigenvalue weighted by Gasteiger charge is 2.74. The highest BCUT2D eigenvalue weighted by Crippen LogP contribution is 2.68. The van der Waals surface area contributed by atoms with Crippen LogP contribution in [0.3, 0.4) is 0 Å². The lowest BCUT2D eigenvalue weighted by Crippen LogP contribution is -2.72. The maximum absolute atomic E-state index is 14.3. The molecule has 0 unspecified atom stereocenters. The fourth-order valence-electron chi connectivity index (χ4n) is 9.81. The summed E-state index contributed by atoms with van der Waals surface area (Å²) in [6.07, 6.45) is 2.30. The minimum Gasteiger partial charge on any atom is -0.458 e. The molecule has 2 saturated heterocycles. The number of hydrogen-bond donors (Lipinski definition) is 3. The first kappa shape index (κ1) is 27.2. The van der Waals surface area contributed by atoms with Crippen LogP contribution < -0.4 is 0 Å². The van der Waals surface area contributed by atoms with Gasteiger partial charge in [0.15, 0.2) is 5.78 Å². The molecule has 0 radical (unpaired) electrons. The van der Waals surface area contributed by atoms with Gasteiger partial charge in [-0.2, -0.15) is 0 Å². The van der Waals surface area contributed by atoms with E-state index in [1.54, 1.807) is 6.92 Å². The number of Topliss-reactive ketones (excluding diaryl/α,β-unsaturated/α-hetero) is 1. The molecule has 13 atom stereocenters. The van der Waals surface area contributed by atoms with Gasteiger partial charge in [-0.15, -0.1) is 0 Å². The van der Waals surface area contributed by atoms with Crippen LogP contribution >= 0.6 is 0 Å². The molecule has 3 heterocycles. The Morgan fingerprint density at radius 2 is 1.90 bits per heavy atom. The fourth-order valence-corrected chi connectivity index (χ4v) is 9.81. The molecule has 5 fully saturated rings. The van der Waals surface area contributed by atoms with Crippen molar-refractivity contribution in [2.45, 2.75) is 107 Å². The molecule has 0 aromatic rings. The van der Waals surface area contributed by atoms with E-state index in [1.807, 2.05) is 19.9 Å². The van der Waals surface area contributed by atoms with Gasteiger partial charge >= 0.3 is 5.97 Å². The van der Waals surface area contributed by atoms with E-state index in [0.29, 0.717) is 38.5 Å². The Morgan fingerprint density at radius 3 is 2.60 bits per heavy atom. The van der Waals surface area contributed by atoms with Gasteiger partial charge in [0.05, 0.1) is 17.8 Å². The van der Waals surface area contributed by atoms with Gasteiger partial charge in [0.2, 0.25) is 12.1 Å².